The Bertz CT molecular complexity index is 495. The van der Waals surface area contributed by atoms with E-state index in [1.165, 1.54) is 11.1 Å². The molecule has 1 aromatic heterocycles. The second-order valence-corrected chi connectivity index (χ2v) is 3.85. The molecular formula is C12H11ClN2. The molecule has 0 aliphatic carbocycles. The first-order valence-corrected chi connectivity index (χ1v) is 5.11. The molecule has 0 amide bonds. The number of benzene rings is 1. The predicted octanol–water partition coefficient (Wildman–Crippen LogP) is 3.41. The van der Waals surface area contributed by atoms with Crippen molar-refractivity contribution in [3.63, 3.8) is 0 Å². The molecule has 2 aromatic rings. The zero-order chi connectivity index (χ0) is 10.8. The van der Waals surface area contributed by atoms with Gasteiger partial charge in [0.25, 0.3) is 0 Å². The lowest BCUT2D eigenvalue weighted by atomic mass is 10.0. The molecule has 1 heterocycles. The lowest BCUT2D eigenvalue weighted by Gasteiger charge is -2.04. The van der Waals surface area contributed by atoms with Gasteiger partial charge in [-0.25, -0.2) is 9.97 Å². The van der Waals surface area contributed by atoms with Gasteiger partial charge >= 0.3 is 0 Å². The lowest BCUT2D eigenvalue weighted by Crippen LogP contribution is -1.88. The minimum Gasteiger partial charge on any atom is -0.226 e. The summed E-state index contributed by atoms with van der Waals surface area (Å²) < 4.78 is 0. The topological polar surface area (TPSA) is 25.8 Å². The first kappa shape index (κ1) is 10.1. The zero-order valence-corrected chi connectivity index (χ0v) is 9.42. The number of nitrogens with zero attached hydrogens (tertiary/aromatic N) is 2. The first-order valence-electron chi connectivity index (χ1n) is 4.73. The van der Waals surface area contributed by atoms with Crippen LogP contribution in [0.1, 0.15) is 11.1 Å². The Morgan fingerprint density at radius 1 is 1.07 bits per heavy atom. The van der Waals surface area contributed by atoms with E-state index in [0.717, 1.165) is 11.3 Å². The largest absolute Gasteiger partial charge is 0.226 e. The van der Waals surface area contributed by atoms with E-state index in [0.29, 0.717) is 0 Å². The summed E-state index contributed by atoms with van der Waals surface area (Å²) in [7, 11) is 0. The van der Waals surface area contributed by atoms with Gasteiger partial charge in [-0.05, 0) is 48.7 Å². The monoisotopic (exact) mass is 218 g/mol. The normalized spacial score (nSPS) is 10.3. The fraction of sp³-hybridized carbons (Fsp3) is 0.167. The fourth-order valence-electron chi connectivity index (χ4n) is 1.40. The Labute approximate surface area is 94.0 Å². The standard InChI is InChI=1S/C12H11ClN2/c1-8-3-4-10(7-9(8)2)11-5-6-14-12(13)15-11/h3-7H,1-2H3. The minimum atomic E-state index is 0.283. The quantitative estimate of drug-likeness (QED) is 0.686. The van der Waals surface area contributed by atoms with E-state index >= 15 is 0 Å². The highest BCUT2D eigenvalue weighted by Crippen LogP contribution is 2.20. The van der Waals surface area contributed by atoms with E-state index in [4.69, 9.17) is 11.6 Å². The highest BCUT2D eigenvalue weighted by atomic mass is 35.5. The first-order chi connectivity index (χ1) is 7.16. The summed E-state index contributed by atoms with van der Waals surface area (Å²) in [6.45, 7) is 4.17. The third kappa shape index (κ3) is 2.16. The number of aryl methyl sites for hydroxylation is 2. The van der Waals surface area contributed by atoms with Crippen molar-refractivity contribution in [2.45, 2.75) is 13.8 Å². The van der Waals surface area contributed by atoms with Crippen molar-refractivity contribution in [3.8, 4) is 11.3 Å². The summed E-state index contributed by atoms with van der Waals surface area (Å²) in [5.74, 6) is 0. The minimum absolute atomic E-state index is 0.283. The SMILES string of the molecule is Cc1ccc(-c2ccnc(Cl)n2)cc1C. The van der Waals surface area contributed by atoms with Gasteiger partial charge in [-0.1, -0.05) is 12.1 Å². The van der Waals surface area contributed by atoms with Crippen LogP contribution in [0.3, 0.4) is 0 Å². The van der Waals surface area contributed by atoms with Crippen LogP contribution in [0.4, 0.5) is 0 Å². The summed E-state index contributed by atoms with van der Waals surface area (Å²) >= 11 is 5.74. The van der Waals surface area contributed by atoms with Crippen LogP contribution in [0.25, 0.3) is 11.3 Å². The molecule has 0 spiro atoms. The van der Waals surface area contributed by atoms with Crippen molar-refractivity contribution in [3.05, 3.63) is 46.9 Å². The van der Waals surface area contributed by atoms with Crippen molar-refractivity contribution < 1.29 is 0 Å². The summed E-state index contributed by atoms with van der Waals surface area (Å²) in [5.41, 5.74) is 4.46. The molecule has 1 aromatic carbocycles. The van der Waals surface area contributed by atoms with E-state index in [9.17, 15) is 0 Å². The molecule has 0 unspecified atom stereocenters. The van der Waals surface area contributed by atoms with E-state index in [2.05, 4.69) is 35.9 Å². The number of aromatic nitrogens is 2. The Morgan fingerprint density at radius 3 is 2.53 bits per heavy atom. The van der Waals surface area contributed by atoms with Gasteiger partial charge < -0.3 is 0 Å². The predicted molar refractivity (Wildman–Crippen MR) is 62.0 cm³/mol. The van der Waals surface area contributed by atoms with Gasteiger partial charge in [0, 0.05) is 11.8 Å². The molecule has 2 rings (SSSR count). The Kier molecular flexibility index (Phi) is 2.69. The van der Waals surface area contributed by atoms with Gasteiger partial charge in [0.1, 0.15) is 0 Å². The van der Waals surface area contributed by atoms with E-state index in [1.807, 2.05) is 12.1 Å². The fourth-order valence-corrected chi connectivity index (χ4v) is 1.54. The molecule has 0 atom stereocenters. The third-order valence-corrected chi connectivity index (χ3v) is 2.61. The average Bonchev–Trinajstić information content (AvgIpc) is 2.22. The van der Waals surface area contributed by atoms with Crippen LogP contribution in [0.2, 0.25) is 5.28 Å². The van der Waals surface area contributed by atoms with Gasteiger partial charge in [-0.15, -0.1) is 0 Å². The Morgan fingerprint density at radius 2 is 1.87 bits per heavy atom. The molecule has 2 nitrogen and oxygen atoms in total. The van der Waals surface area contributed by atoms with Crippen molar-refractivity contribution in [1.29, 1.82) is 0 Å². The maximum Gasteiger partial charge on any atom is 0.222 e. The van der Waals surface area contributed by atoms with E-state index < -0.39 is 0 Å². The van der Waals surface area contributed by atoms with Crippen LogP contribution in [0, 0.1) is 13.8 Å². The summed E-state index contributed by atoms with van der Waals surface area (Å²) in [6.07, 6.45) is 1.67. The van der Waals surface area contributed by atoms with Crippen LogP contribution < -0.4 is 0 Å². The summed E-state index contributed by atoms with van der Waals surface area (Å²) in [5, 5.41) is 0.283. The van der Waals surface area contributed by atoms with Gasteiger partial charge in [0.2, 0.25) is 5.28 Å². The highest BCUT2D eigenvalue weighted by molar-refractivity contribution is 6.28. The summed E-state index contributed by atoms with van der Waals surface area (Å²) in [4.78, 5) is 8.03. The molecule has 0 aliphatic rings. The van der Waals surface area contributed by atoms with Crippen molar-refractivity contribution in [2.75, 3.05) is 0 Å². The zero-order valence-electron chi connectivity index (χ0n) is 8.66. The van der Waals surface area contributed by atoms with Crippen molar-refractivity contribution in [1.82, 2.24) is 9.97 Å². The second kappa shape index (κ2) is 3.99. The molecule has 0 bridgehead atoms. The number of hydrogen-bond acceptors (Lipinski definition) is 2. The van der Waals surface area contributed by atoms with Gasteiger partial charge in [-0.3, -0.25) is 0 Å². The molecule has 15 heavy (non-hydrogen) atoms. The smallest absolute Gasteiger partial charge is 0.222 e. The third-order valence-electron chi connectivity index (χ3n) is 2.43. The molecule has 76 valence electrons. The van der Waals surface area contributed by atoms with Gasteiger partial charge in [-0.2, -0.15) is 0 Å². The maximum atomic E-state index is 5.74. The van der Waals surface area contributed by atoms with Crippen molar-refractivity contribution in [2.24, 2.45) is 0 Å². The van der Waals surface area contributed by atoms with Crippen LogP contribution >= 0.6 is 11.6 Å². The number of halogens is 1. The van der Waals surface area contributed by atoms with Gasteiger partial charge in [0.05, 0.1) is 5.69 Å². The van der Waals surface area contributed by atoms with E-state index in [-0.39, 0.29) is 5.28 Å². The molecule has 0 saturated carbocycles. The van der Waals surface area contributed by atoms with Crippen LogP contribution in [-0.2, 0) is 0 Å². The number of rotatable bonds is 1. The highest BCUT2D eigenvalue weighted by Gasteiger charge is 2.01. The molecular weight excluding hydrogens is 208 g/mol. The molecule has 3 heteroatoms. The maximum absolute atomic E-state index is 5.74. The average molecular weight is 219 g/mol. The molecule has 0 saturated heterocycles. The van der Waals surface area contributed by atoms with Gasteiger partial charge in [0.15, 0.2) is 0 Å². The Balaban J connectivity index is 2.50. The second-order valence-electron chi connectivity index (χ2n) is 3.51. The van der Waals surface area contributed by atoms with Crippen LogP contribution in [0.5, 0.6) is 0 Å². The number of hydrogen-bond donors (Lipinski definition) is 0. The van der Waals surface area contributed by atoms with Crippen molar-refractivity contribution >= 4 is 11.6 Å². The van der Waals surface area contributed by atoms with Crippen LogP contribution in [-0.4, -0.2) is 9.97 Å². The molecule has 0 radical (unpaired) electrons. The molecule has 0 N–H and O–H groups in total. The molecule has 0 aliphatic heterocycles. The van der Waals surface area contributed by atoms with Crippen LogP contribution in [0.15, 0.2) is 30.5 Å². The van der Waals surface area contributed by atoms with E-state index in [1.54, 1.807) is 6.20 Å². The Hall–Kier alpha value is -1.41. The summed E-state index contributed by atoms with van der Waals surface area (Å²) in [6, 6.07) is 8.09. The lowest BCUT2D eigenvalue weighted by molar-refractivity contribution is 1.17. The molecule has 0 fully saturated rings.